The Balaban J connectivity index is 1.40. The van der Waals surface area contributed by atoms with Gasteiger partial charge in [-0.3, -0.25) is 4.79 Å². The van der Waals surface area contributed by atoms with Gasteiger partial charge in [0.15, 0.2) is 11.8 Å². The highest BCUT2D eigenvalue weighted by Gasteiger charge is 2.27. The van der Waals surface area contributed by atoms with Crippen molar-refractivity contribution in [2.24, 2.45) is 7.05 Å². The lowest BCUT2D eigenvalue weighted by Crippen LogP contribution is -2.36. The van der Waals surface area contributed by atoms with Gasteiger partial charge in [-0.25, -0.2) is 0 Å². The van der Waals surface area contributed by atoms with Gasteiger partial charge in [0, 0.05) is 30.6 Å². The molecular formula is C21H18N4O4S2. The predicted octanol–water partition coefficient (Wildman–Crippen LogP) is 3.60. The van der Waals surface area contributed by atoms with Crippen molar-refractivity contribution < 1.29 is 19.5 Å². The van der Waals surface area contributed by atoms with E-state index in [9.17, 15) is 9.90 Å². The maximum atomic E-state index is 13.2. The highest BCUT2D eigenvalue weighted by Crippen LogP contribution is 2.35. The SMILES string of the molecule is Cn1c(C(=O)N2CCc3cc(C(O)NO)sc3C2)cc2oc(-c3ccc(C#N)s3)cc21. The zero-order chi connectivity index (χ0) is 21.7. The van der Waals surface area contributed by atoms with E-state index in [2.05, 4.69) is 6.07 Å². The van der Waals surface area contributed by atoms with E-state index < -0.39 is 6.23 Å². The van der Waals surface area contributed by atoms with Crippen LogP contribution in [-0.4, -0.2) is 32.2 Å². The molecule has 10 heteroatoms. The fourth-order valence-corrected chi connectivity index (χ4v) is 5.76. The number of nitrogens with zero attached hydrogens (tertiary/aromatic N) is 3. The first-order valence-corrected chi connectivity index (χ1v) is 11.2. The lowest BCUT2D eigenvalue weighted by atomic mass is 10.1. The highest BCUT2D eigenvalue weighted by molar-refractivity contribution is 7.16. The van der Waals surface area contributed by atoms with Crippen LogP contribution in [0, 0.1) is 11.3 Å². The lowest BCUT2D eigenvalue weighted by Gasteiger charge is -2.27. The number of aryl methyl sites for hydroxylation is 1. The van der Waals surface area contributed by atoms with Gasteiger partial charge in [-0.2, -0.15) is 10.7 Å². The van der Waals surface area contributed by atoms with Gasteiger partial charge in [0.1, 0.15) is 22.4 Å². The Kier molecular flexibility index (Phi) is 4.92. The number of nitrogens with one attached hydrogen (secondary N) is 1. The number of furan rings is 1. The molecular weight excluding hydrogens is 436 g/mol. The summed E-state index contributed by atoms with van der Waals surface area (Å²) in [6.07, 6.45) is -0.429. The first-order chi connectivity index (χ1) is 15.0. The summed E-state index contributed by atoms with van der Waals surface area (Å²) in [6.45, 7) is 1.04. The van der Waals surface area contributed by atoms with Crippen LogP contribution >= 0.6 is 22.7 Å². The molecule has 4 aromatic heterocycles. The molecule has 0 aromatic carbocycles. The molecule has 1 atom stereocenters. The number of carbonyl (C=O) groups excluding carboxylic acids is 1. The summed E-state index contributed by atoms with van der Waals surface area (Å²) in [4.78, 5) is 18.1. The number of aromatic nitrogens is 1. The number of hydrogen-bond donors (Lipinski definition) is 3. The Morgan fingerprint density at radius 3 is 2.87 bits per heavy atom. The van der Waals surface area contributed by atoms with Crippen molar-refractivity contribution in [3.8, 4) is 16.7 Å². The molecule has 8 nitrogen and oxygen atoms in total. The van der Waals surface area contributed by atoms with Crippen molar-refractivity contribution >= 4 is 39.7 Å². The largest absolute Gasteiger partial charge is 0.454 e. The monoisotopic (exact) mass is 454 g/mol. The Morgan fingerprint density at radius 1 is 1.32 bits per heavy atom. The molecule has 0 saturated carbocycles. The van der Waals surface area contributed by atoms with Crippen LogP contribution in [0.5, 0.6) is 0 Å². The first-order valence-electron chi connectivity index (χ1n) is 9.56. The number of fused-ring (bicyclic) bond motifs is 2. The Labute approximate surface area is 185 Å². The molecule has 158 valence electrons. The summed E-state index contributed by atoms with van der Waals surface area (Å²) in [5.41, 5.74) is 4.93. The highest BCUT2D eigenvalue weighted by atomic mass is 32.1. The zero-order valence-corrected chi connectivity index (χ0v) is 18.1. The molecule has 5 heterocycles. The van der Waals surface area contributed by atoms with Crippen LogP contribution < -0.4 is 5.48 Å². The lowest BCUT2D eigenvalue weighted by molar-refractivity contribution is 0.00287. The molecule has 3 N–H and O–H groups in total. The molecule has 0 spiro atoms. The molecule has 1 unspecified atom stereocenters. The molecule has 31 heavy (non-hydrogen) atoms. The van der Waals surface area contributed by atoms with E-state index in [0.717, 1.165) is 20.8 Å². The maximum Gasteiger partial charge on any atom is 0.270 e. The van der Waals surface area contributed by atoms with Crippen LogP contribution in [-0.2, 0) is 20.0 Å². The third-order valence-corrected chi connectivity index (χ3v) is 7.71. The van der Waals surface area contributed by atoms with Crippen molar-refractivity contribution in [2.45, 2.75) is 19.2 Å². The summed E-state index contributed by atoms with van der Waals surface area (Å²) < 4.78 is 7.79. The normalized spacial score (nSPS) is 14.6. The van der Waals surface area contributed by atoms with Crippen molar-refractivity contribution in [3.63, 3.8) is 0 Å². The fourth-order valence-electron chi connectivity index (χ4n) is 3.85. The van der Waals surface area contributed by atoms with Crippen LogP contribution in [0.15, 0.2) is 34.7 Å². The maximum absolute atomic E-state index is 13.2. The molecule has 5 rings (SSSR count). The van der Waals surface area contributed by atoms with Crippen molar-refractivity contribution in [3.05, 3.63) is 56.2 Å². The quantitative estimate of drug-likeness (QED) is 0.321. The minimum Gasteiger partial charge on any atom is -0.454 e. The summed E-state index contributed by atoms with van der Waals surface area (Å²) in [5.74, 6) is 0.593. The Bertz CT molecular complexity index is 1340. The topological polar surface area (TPSA) is 115 Å². The predicted molar refractivity (Wildman–Crippen MR) is 116 cm³/mol. The van der Waals surface area contributed by atoms with Gasteiger partial charge < -0.3 is 24.2 Å². The third kappa shape index (κ3) is 3.37. The fraction of sp³-hybridized carbons (Fsp3) is 0.238. The van der Waals surface area contributed by atoms with E-state index >= 15 is 0 Å². The van der Waals surface area contributed by atoms with Gasteiger partial charge in [-0.1, -0.05) is 0 Å². The van der Waals surface area contributed by atoms with Crippen LogP contribution in [0.2, 0.25) is 0 Å². The summed E-state index contributed by atoms with van der Waals surface area (Å²) >= 11 is 2.75. The van der Waals surface area contributed by atoms with E-state index in [-0.39, 0.29) is 5.91 Å². The van der Waals surface area contributed by atoms with E-state index in [1.54, 1.807) is 17.0 Å². The summed E-state index contributed by atoms with van der Waals surface area (Å²) in [6, 6.07) is 11.3. The van der Waals surface area contributed by atoms with Gasteiger partial charge >= 0.3 is 0 Å². The molecule has 0 saturated heterocycles. The first kappa shape index (κ1) is 20.0. The second-order valence-electron chi connectivity index (χ2n) is 7.33. The Hall–Kier alpha value is -2.94. The van der Waals surface area contributed by atoms with Gasteiger partial charge in [0.05, 0.1) is 21.8 Å². The second-order valence-corrected chi connectivity index (χ2v) is 9.58. The van der Waals surface area contributed by atoms with E-state index in [1.807, 2.05) is 35.3 Å². The zero-order valence-electron chi connectivity index (χ0n) is 16.5. The number of aliphatic hydroxyl groups excluding tert-OH is 1. The van der Waals surface area contributed by atoms with E-state index in [4.69, 9.17) is 14.9 Å². The Morgan fingerprint density at radius 2 is 2.16 bits per heavy atom. The molecule has 0 bridgehead atoms. The number of amides is 1. The van der Waals surface area contributed by atoms with Gasteiger partial charge in [-0.05, 0) is 30.2 Å². The van der Waals surface area contributed by atoms with E-state index in [1.165, 1.54) is 22.7 Å². The minimum atomic E-state index is -1.12. The minimum absolute atomic E-state index is 0.0835. The number of nitriles is 1. The molecule has 1 aliphatic heterocycles. The van der Waals surface area contributed by atoms with Crippen molar-refractivity contribution in [1.29, 1.82) is 5.26 Å². The number of thiophene rings is 2. The van der Waals surface area contributed by atoms with Gasteiger partial charge in [-0.15, -0.1) is 22.7 Å². The number of hydroxylamine groups is 1. The van der Waals surface area contributed by atoms with Crippen molar-refractivity contribution in [1.82, 2.24) is 14.9 Å². The average Bonchev–Trinajstić information content (AvgIpc) is 3.55. The summed E-state index contributed by atoms with van der Waals surface area (Å²) in [5, 5.41) is 27.7. The standard InChI is InChI=1S/C21H18N4O4S2/c1-24-13-7-16(17-3-2-12(9-22)30-17)29-15(13)8-14(24)21(27)25-5-4-11-6-18(20(26)23-28)31-19(11)10-25/h2-3,6-8,20,23,26,28H,4-5,10H2,1H3. The van der Waals surface area contributed by atoms with E-state index in [0.29, 0.717) is 46.3 Å². The number of rotatable bonds is 4. The summed E-state index contributed by atoms with van der Waals surface area (Å²) in [7, 11) is 1.84. The second kappa shape index (κ2) is 7.64. The van der Waals surface area contributed by atoms with Crippen LogP contribution in [0.25, 0.3) is 21.7 Å². The molecule has 1 aliphatic rings. The molecule has 0 fully saturated rings. The van der Waals surface area contributed by atoms with Gasteiger partial charge in [0.25, 0.3) is 5.91 Å². The smallest absolute Gasteiger partial charge is 0.270 e. The number of aliphatic hydroxyl groups is 1. The molecule has 0 aliphatic carbocycles. The molecule has 0 radical (unpaired) electrons. The van der Waals surface area contributed by atoms with Crippen LogP contribution in [0.1, 0.15) is 36.9 Å². The molecule has 1 amide bonds. The molecule has 4 aromatic rings. The average molecular weight is 455 g/mol. The number of carbonyl (C=O) groups is 1. The van der Waals surface area contributed by atoms with Crippen LogP contribution in [0.3, 0.4) is 0 Å². The van der Waals surface area contributed by atoms with Gasteiger partial charge in [0.2, 0.25) is 0 Å². The number of hydrogen-bond acceptors (Lipinski definition) is 8. The third-order valence-electron chi connectivity index (χ3n) is 5.49. The van der Waals surface area contributed by atoms with Crippen LogP contribution in [0.4, 0.5) is 0 Å². The van der Waals surface area contributed by atoms with Crippen molar-refractivity contribution in [2.75, 3.05) is 6.54 Å².